The molecule has 3 N–H and O–H groups in total. The zero-order chi connectivity index (χ0) is 14.6. The molecular formula is C15H21FN2O2. The van der Waals surface area contributed by atoms with Crippen LogP contribution >= 0.6 is 0 Å². The molecule has 5 heteroatoms. The predicted molar refractivity (Wildman–Crippen MR) is 74.6 cm³/mol. The van der Waals surface area contributed by atoms with Crippen LogP contribution in [0.1, 0.15) is 37.9 Å². The summed E-state index contributed by atoms with van der Waals surface area (Å²) in [5.74, 6) is -0.608. The van der Waals surface area contributed by atoms with Crippen molar-refractivity contribution in [3.8, 4) is 0 Å². The number of nitrogens with one attached hydrogen (secondary N) is 2. The summed E-state index contributed by atoms with van der Waals surface area (Å²) in [6, 6.07) is 6.04. The maximum atomic E-state index is 13.5. The Morgan fingerprint density at radius 2 is 2.25 bits per heavy atom. The number of carbonyl (C=O) groups is 1. The average molecular weight is 280 g/mol. The fourth-order valence-electron chi connectivity index (χ4n) is 2.49. The van der Waals surface area contributed by atoms with Crippen LogP contribution in [0.4, 0.5) is 4.39 Å². The van der Waals surface area contributed by atoms with Crippen molar-refractivity contribution in [2.75, 3.05) is 13.1 Å². The predicted octanol–water partition coefficient (Wildman–Crippen LogP) is 1.51. The van der Waals surface area contributed by atoms with Gasteiger partial charge in [0, 0.05) is 12.1 Å². The summed E-state index contributed by atoms with van der Waals surface area (Å²) in [6.45, 7) is 2.69. The lowest BCUT2D eigenvalue weighted by Gasteiger charge is -2.33. The monoisotopic (exact) mass is 280 g/mol. The molecule has 1 aromatic rings. The molecule has 0 spiro atoms. The molecule has 0 saturated carbocycles. The van der Waals surface area contributed by atoms with Crippen LogP contribution in [-0.4, -0.2) is 29.6 Å². The minimum atomic E-state index is -1.03. The number of rotatable bonds is 4. The van der Waals surface area contributed by atoms with Crippen molar-refractivity contribution in [2.24, 2.45) is 0 Å². The number of carbonyl (C=O) groups excluding carboxylic acids is 1. The SMILES string of the molecule is CC1(C(=O)NCC(O)c2ccccc2F)CCCCN1. The Morgan fingerprint density at radius 1 is 1.50 bits per heavy atom. The van der Waals surface area contributed by atoms with Gasteiger partial charge in [-0.3, -0.25) is 4.79 Å². The Labute approximate surface area is 118 Å². The van der Waals surface area contributed by atoms with Crippen molar-refractivity contribution >= 4 is 5.91 Å². The number of piperidine rings is 1. The fourth-order valence-corrected chi connectivity index (χ4v) is 2.49. The van der Waals surface area contributed by atoms with Gasteiger partial charge in [-0.05, 0) is 38.8 Å². The van der Waals surface area contributed by atoms with Gasteiger partial charge >= 0.3 is 0 Å². The van der Waals surface area contributed by atoms with Crippen LogP contribution in [0.2, 0.25) is 0 Å². The van der Waals surface area contributed by atoms with Gasteiger partial charge in [-0.1, -0.05) is 18.2 Å². The summed E-state index contributed by atoms with van der Waals surface area (Å²) in [7, 11) is 0. The average Bonchev–Trinajstić information content (AvgIpc) is 2.45. The fraction of sp³-hybridized carbons (Fsp3) is 0.533. The molecule has 2 rings (SSSR count). The first-order chi connectivity index (χ1) is 9.53. The van der Waals surface area contributed by atoms with Gasteiger partial charge in [0.25, 0.3) is 0 Å². The van der Waals surface area contributed by atoms with Crippen LogP contribution in [-0.2, 0) is 4.79 Å². The second-order valence-corrected chi connectivity index (χ2v) is 5.46. The van der Waals surface area contributed by atoms with Crippen molar-refractivity contribution in [3.05, 3.63) is 35.6 Å². The van der Waals surface area contributed by atoms with Crippen molar-refractivity contribution < 1.29 is 14.3 Å². The third-order valence-corrected chi connectivity index (χ3v) is 3.84. The lowest BCUT2D eigenvalue weighted by Crippen LogP contribution is -2.57. The standard InChI is InChI=1S/C15H21FN2O2/c1-15(8-4-5-9-18-15)14(20)17-10-13(19)11-6-2-3-7-12(11)16/h2-3,6-7,13,18-19H,4-5,8-10H2,1H3,(H,17,20). The van der Waals surface area contributed by atoms with E-state index in [0.717, 1.165) is 25.8 Å². The molecule has 110 valence electrons. The molecule has 2 unspecified atom stereocenters. The van der Waals surface area contributed by atoms with E-state index in [1.165, 1.54) is 12.1 Å². The number of halogens is 1. The topological polar surface area (TPSA) is 61.4 Å². The highest BCUT2D eigenvalue weighted by Crippen LogP contribution is 2.20. The maximum absolute atomic E-state index is 13.5. The Morgan fingerprint density at radius 3 is 2.90 bits per heavy atom. The third kappa shape index (κ3) is 3.35. The van der Waals surface area contributed by atoms with E-state index in [1.54, 1.807) is 12.1 Å². The molecule has 0 aliphatic carbocycles. The van der Waals surface area contributed by atoms with Crippen molar-refractivity contribution in [1.29, 1.82) is 0 Å². The molecule has 1 aliphatic heterocycles. The van der Waals surface area contributed by atoms with Crippen LogP contribution in [0.3, 0.4) is 0 Å². The van der Waals surface area contributed by atoms with Gasteiger partial charge in [0.2, 0.25) is 5.91 Å². The molecule has 0 bridgehead atoms. The minimum absolute atomic E-state index is 0.0109. The van der Waals surface area contributed by atoms with E-state index in [0.29, 0.717) is 0 Å². The molecule has 20 heavy (non-hydrogen) atoms. The smallest absolute Gasteiger partial charge is 0.240 e. The number of aliphatic hydroxyl groups is 1. The van der Waals surface area contributed by atoms with Gasteiger partial charge in [0.1, 0.15) is 5.82 Å². The number of amides is 1. The summed E-state index contributed by atoms with van der Waals surface area (Å²) in [6.07, 6.45) is 1.81. The minimum Gasteiger partial charge on any atom is -0.386 e. The molecule has 4 nitrogen and oxygen atoms in total. The van der Waals surface area contributed by atoms with Crippen LogP contribution in [0.25, 0.3) is 0 Å². The number of benzene rings is 1. The van der Waals surface area contributed by atoms with Gasteiger partial charge < -0.3 is 15.7 Å². The molecule has 0 radical (unpaired) electrons. The molecule has 2 atom stereocenters. The largest absolute Gasteiger partial charge is 0.386 e. The van der Waals surface area contributed by atoms with Crippen molar-refractivity contribution in [2.45, 2.75) is 37.8 Å². The van der Waals surface area contributed by atoms with E-state index in [2.05, 4.69) is 10.6 Å². The molecular weight excluding hydrogens is 259 g/mol. The zero-order valence-corrected chi connectivity index (χ0v) is 11.7. The molecule has 1 heterocycles. The van der Waals surface area contributed by atoms with Crippen LogP contribution < -0.4 is 10.6 Å². The summed E-state index contributed by atoms with van der Waals surface area (Å²) < 4.78 is 13.5. The highest BCUT2D eigenvalue weighted by atomic mass is 19.1. The van der Waals surface area contributed by atoms with E-state index in [4.69, 9.17) is 0 Å². The molecule has 1 fully saturated rings. The van der Waals surface area contributed by atoms with Gasteiger partial charge in [0.05, 0.1) is 11.6 Å². The zero-order valence-electron chi connectivity index (χ0n) is 11.7. The highest BCUT2D eigenvalue weighted by molar-refractivity contribution is 5.86. The second kappa shape index (κ2) is 6.33. The van der Waals surface area contributed by atoms with Gasteiger partial charge in [-0.15, -0.1) is 0 Å². The van der Waals surface area contributed by atoms with E-state index in [9.17, 15) is 14.3 Å². The first kappa shape index (κ1) is 14.9. The van der Waals surface area contributed by atoms with Gasteiger partial charge in [-0.2, -0.15) is 0 Å². The number of hydrogen-bond acceptors (Lipinski definition) is 3. The highest BCUT2D eigenvalue weighted by Gasteiger charge is 2.34. The maximum Gasteiger partial charge on any atom is 0.240 e. The number of hydrogen-bond donors (Lipinski definition) is 3. The second-order valence-electron chi connectivity index (χ2n) is 5.46. The van der Waals surface area contributed by atoms with E-state index in [1.807, 2.05) is 6.92 Å². The van der Waals surface area contributed by atoms with E-state index >= 15 is 0 Å². The van der Waals surface area contributed by atoms with E-state index in [-0.39, 0.29) is 18.0 Å². The summed E-state index contributed by atoms with van der Waals surface area (Å²) in [4.78, 5) is 12.2. The Kier molecular flexibility index (Phi) is 4.73. The first-order valence-corrected chi connectivity index (χ1v) is 6.99. The van der Waals surface area contributed by atoms with Crippen molar-refractivity contribution in [1.82, 2.24) is 10.6 Å². The first-order valence-electron chi connectivity index (χ1n) is 6.99. The Hall–Kier alpha value is -1.46. The summed E-state index contributed by atoms with van der Waals surface area (Å²) in [5.41, 5.74) is -0.387. The van der Waals surface area contributed by atoms with Crippen LogP contribution in [0.5, 0.6) is 0 Å². The Balaban J connectivity index is 1.91. The third-order valence-electron chi connectivity index (χ3n) is 3.84. The van der Waals surface area contributed by atoms with Crippen molar-refractivity contribution in [3.63, 3.8) is 0 Å². The van der Waals surface area contributed by atoms with E-state index < -0.39 is 17.5 Å². The molecule has 1 saturated heterocycles. The lowest BCUT2D eigenvalue weighted by molar-refractivity contribution is -0.128. The summed E-state index contributed by atoms with van der Waals surface area (Å²) >= 11 is 0. The van der Waals surface area contributed by atoms with Gasteiger partial charge in [-0.25, -0.2) is 4.39 Å². The summed E-state index contributed by atoms with van der Waals surface area (Å²) in [5, 5.41) is 15.9. The molecule has 1 aliphatic rings. The normalized spacial score (nSPS) is 24.1. The molecule has 0 aromatic heterocycles. The van der Waals surface area contributed by atoms with Gasteiger partial charge in [0.15, 0.2) is 0 Å². The number of aliphatic hydroxyl groups excluding tert-OH is 1. The molecule has 1 amide bonds. The lowest BCUT2D eigenvalue weighted by atomic mass is 9.90. The Bertz CT molecular complexity index is 473. The van der Waals surface area contributed by atoms with Crippen LogP contribution in [0, 0.1) is 5.82 Å². The van der Waals surface area contributed by atoms with Crippen LogP contribution in [0.15, 0.2) is 24.3 Å². The quantitative estimate of drug-likeness (QED) is 0.783. The molecule has 1 aromatic carbocycles.